The van der Waals surface area contributed by atoms with Crippen LogP contribution in [0.5, 0.6) is 0 Å². The number of carbonyl (C=O) groups excluding carboxylic acids is 1. The van der Waals surface area contributed by atoms with Gasteiger partial charge in [0, 0.05) is 25.7 Å². The molecule has 7 heteroatoms. The van der Waals surface area contributed by atoms with Crippen molar-refractivity contribution in [1.29, 1.82) is 0 Å². The molecule has 0 fully saturated rings. The molecule has 0 aliphatic heterocycles. The van der Waals surface area contributed by atoms with E-state index in [9.17, 15) is 14.9 Å². The van der Waals surface area contributed by atoms with Crippen LogP contribution in [-0.4, -0.2) is 40.3 Å². The van der Waals surface area contributed by atoms with Gasteiger partial charge in [0.15, 0.2) is 0 Å². The van der Waals surface area contributed by atoms with Crippen LogP contribution in [0.4, 0.5) is 11.5 Å². The van der Waals surface area contributed by atoms with E-state index in [-0.39, 0.29) is 22.7 Å². The van der Waals surface area contributed by atoms with E-state index in [1.807, 2.05) is 20.8 Å². The predicted molar refractivity (Wildman–Crippen MR) is 76.9 cm³/mol. The summed E-state index contributed by atoms with van der Waals surface area (Å²) in [4.78, 5) is 28.3. The van der Waals surface area contributed by atoms with E-state index in [0.717, 1.165) is 12.6 Å². The van der Waals surface area contributed by atoms with Gasteiger partial charge in [0.05, 0.1) is 10.5 Å². The number of nitrogens with one attached hydrogen (secondary N) is 1. The standard InChI is InChI=1S/C13H20N4O3/c1-6-13(2,3)16(5)12(18)10-7-9(17(19)20)8-15-11(10)14-4/h7-8H,6H2,1-5H3,(H,14,15). The molecule has 0 saturated heterocycles. The van der Waals surface area contributed by atoms with Gasteiger partial charge in [-0.2, -0.15) is 0 Å². The zero-order valence-corrected chi connectivity index (χ0v) is 12.4. The molecule has 1 heterocycles. The van der Waals surface area contributed by atoms with Crippen molar-refractivity contribution in [1.82, 2.24) is 9.88 Å². The summed E-state index contributed by atoms with van der Waals surface area (Å²) >= 11 is 0. The number of pyridine rings is 1. The number of anilines is 1. The third kappa shape index (κ3) is 3.04. The molecule has 0 atom stereocenters. The fourth-order valence-electron chi connectivity index (χ4n) is 1.61. The second-order valence-electron chi connectivity index (χ2n) is 5.13. The Balaban J connectivity index is 3.26. The fraction of sp³-hybridized carbons (Fsp3) is 0.538. The van der Waals surface area contributed by atoms with Gasteiger partial charge in [0.25, 0.3) is 11.6 Å². The van der Waals surface area contributed by atoms with Crippen LogP contribution in [0.15, 0.2) is 12.3 Å². The highest BCUT2D eigenvalue weighted by atomic mass is 16.6. The molecule has 1 amide bonds. The minimum Gasteiger partial charge on any atom is -0.372 e. The first-order valence-corrected chi connectivity index (χ1v) is 6.35. The van der Waals surface area contributed by atoms with Crippen LogP contribution in [0.1, 0.15) is 37.6 Å². The number of nitro groups is 1. The van der Waals surface area contributed by atoms with Crippen molar-refractivity contribution < 1.29 is 9.72 Å². The van der Waals surface area contributed by atoms with E-state index >= 15 is 0 Å². The molecule has 1 aromatic rings. The van der Waals surface area contributed by atoms with Gasteiger partial charge in [0.2, 0.25) is 0 Å². The molecule has 0 saturated carbocycles. The summed E-state index contributed by atoms with van der Waals surface area (Å²) in [5.41, 5.74) is -0.340. The molecule has 20 heavy (non-hydrogen) atoms. The van der Waals surface area contributed by atoms with Crippen LogP contribution >= 0.6 is 0 Å². The van der Waals surface area contributed by atoms with Crippen molar-refractivity contribution in [3.05, 3.63) is 27.9 Å². The Bertz CT molecular complexity index is 528. The monoisotopic (exact) mass is 280 g/mol. The topological polar surface area (TPSA) is 88.4 Å². The number of amides is 1. The third-order valence-corrected chi connectivity index (χ3v) is 3.63. The second-order valence-corrected chi connectivity index (χ2v) is 5.13. The lowest BCUT2D eigenvalue weighted by atomic mass is 9.99. The number of carbonyl (C=O) groups is 1. The largest absolute Gasteiger partial charge is 0.372 e. The molecule has 110 valence electrons. The Morgan fingerprint density at radius 1 is 1.55 bits per heavy atom. The molecule has 1 aromatic heterocycles. The van der Waals surface area contributed by atoms with Gasteiger partial charge >= 0.3 is 0 Å². The summed E-state index contributed by atoms with van der Waals surface area (Å²) < 4.78 is 0. The van der Waals surface area contributed by atoms with E-state index < -0.39 is 4.92 Å². The highest BCUT2D eigenvalue weighted by Gasteiger charge is 2.29. The smallest absolute Gasteiger partial charge is 0.288 e. The first-order chi connectivity index (χ1) is 9.24. The van der Waals surface area contributed by atoms with Crippen molar-refractivity contribution in [3.8, 4) is 0 Å². The van der Waals surface area contributed by atoms with Crippen LogP contribution in [-0.2, 0) is 0 Å². The molecule has 1 rings (SSSR count). The molecule has 0 unspecified atom stereocenters. The Hall–Kier alpha value is -2.18. The molecule has 0 aromatic carbocycles. The maximum Gasteiger partial charge on any atom is 0.288 e. The maximum absolute atomic E-state index is 12.5. The summed E-state index contributed by atoms with van der Waals surface area (Å²) in [7, 11) is 3.31. The van der Waals surface area contributed by atoms with E-state index in [1.165, 1.54) is 6.07 Å². The molecule has 0 aliphatic carbocycles. The van der Waals surface area contributed by atoms with E-state index in [0.29, 0.717) is 5.82 Å². The highest BCUT2D eigenvalue weighted by molar-refractivity contribution is 5.99. The summed E-state index contributed by atoms with van der Waals surface area (Å²) in [6.45, 7) is 5.86. The van der Waals surface area contributed by atoms with Crippen molar-refractivity contribution in [2.24, 2.45) is 0 Å². The fourth-order valence-corrected chi connectivity index (χ4v) is 1.61. The molecule has 7 nitrogen and oxygen atoms in total. The zero-order chi connectivity index (χ0) is 15.5. The number of rotatable bonds is 5. The van der Waals surface area contributed by atoms with Gasteiger partial charge in [-0.1, -0.05) is 6.92 Å². The van der Waals surface area contributed by atoms with E-state index in [2.05, 4.69) is 10.3 Å². The van der Waals surface area contributed by atoms with Crippen LogP contribution in [0.3, 0.4) is 0 Å². The van der Waals surface area contributed by atoms with Gasteiger partial charge in [-0.15, -0.1) is 0 Å². The maximum atomic E-state index is 12.5. The van der Waals surface area contributed by atoms with Crippen molar-refractivity contribution in [2.75, 3.05) is 19.4 Å². The summed E-state index contributed by atoms with van der Waals surface area (Å²) in [5, 5.41) is 13.6. The lowest BCUT2D eigenvalue weighted by Gasteiger charge is -2.35. The average molecular weight is 280 g/mol. The van der Waals surface area contributed by atoms with E-state index in [4.69, 9.17) is 0 Å². The van der Waals surface area contributed by atoms with Crippen LogP contribution < -0.4 is 5.32 Å². The van der Waals surface area contributed by atoms with Gasteiger partial charge in [-0.05, 0) is 20.3 Å². The SMILES string of the molecule is CCC(C)(C)N(C)C(=O)c1cc([N+](=O)[O-])cnc1NC. The zero-order valence-electron chi connectivity index (χ0n) is 12.4. The molecule has 1 N–H and O–H groups in total. The third-order valence-electron chi connectivity index (χ3n) is 3.63. The lowest BCUT2D eigenvalue weighted by molar-refractivity contribution is -0.385. The lowest BCUT2D eigenvalue weighted by Crippen LogP contribution is -2.44. The van der Waals surface area contributed by atoms with Crippen LogP contribution in [0, 0.1) is 10.1 Å². The van der Waals surface area contributed by atoms with Crippen molar-refractivity contribution >= 4 is 17.4 Å². The normalized spacial score (nSPS) is 11.1. The molecule has 0 aliphatic rings. The first-order valence-electron chi connectivity index (χ1n) is 6.35. The number of aromatic nitrogens is 1. The minimum atomic E-state index is -0.561. The average Bonchev–Trinajstić information content (AvgIpc) is 2.44. The summed E-state index contributed by atoms with van der Waals surface area (Å²) in [6.07, 6.45) is 1.90. The van der Waals surface area contributed by atoms with Gasteiger partial charge in [0.1, 0.15) is 12.0 Å². The summed E-state index contributed by atoms with van der Waals surface area (Å²) in [5.74, 6) is 0.0387. The number of hydrogen-bond acceptors (Lipinski definition) is 5. The Labute approximate surface area is 118 Å². The first kappa shape index (κ1) is 15.9. The van der Waals surface area contributed by atoms with Crippen molar-refractivity contribution in [3.63, 3.8) is 0 Å². The van der Waals surface area contributed by atoms with Gasteiger partial charge < -0.3 is 10.2 Å². The Kier molecular flexibility index (Phi) is 4.65. The second kappa shape index (κ2) is 5.85. The van der Waals surface area contributed by atoms with Gasteiger partial charge in [-0.25, -0.2) is 4.98 Å². The van der Waals surface area contributed by atoms with Crippen molar-refractivity contribution in [2.45, 2.75) is 32.7 Å². The molecule has 0 bridgehead atoms. The molecular formula is C13H20N4O3. The van der Waals surface area contributed by atoms with Gasteiger partial charge in [-0.3, -0.25) is 14.9 Å². The number of nitrogens with zero attached hydrogens (tertiary/aromatic N) is 3. The highest BCUT2D eigenvalue weighted by Crippen LogP contribution is 2.24. The predicted octanol–water partition coefficient (Wildman–Crippen LogP) is 2.29. The minimum absolute atomic E-state index is 0.199. The van der Waals surface area contributed by atoms with Crippen LogP contribution in [0.25, 0.3) is 0 Å². The summed E-state index contributed by atoms with van der Waals surface area (Å²) in [6, 6.07) is 1.25. The Morgan fingerprint density at radius 3 is 2.60 bits per heavy atom. The van der Waals surface area contributed by atoms with Crippen LogP contribution in [0.2, 0.25) is 0 Å². The number of hydrogen-bond donors (Lipinski definition) is 1. The van der Waals surface area contributed by atoms with E-state index in [1.54, 1.807) is 19.0 Å². The molecule has 0 radical (unpaired) electrons. The molecule has 0 spiro atoms. The quantitative estimate of drug-likeness (QED) is 0.660. The Morgan fingerprint density at radius 2 is 2.15 bits per heavy atom. The molecular weight excluding hydrogens is 260 g/mol.